The maximum atomic E-state index is 11.8. The topological polar surface area (TPSA) is 326 Å². The molecule has 0 unspecified atom stereocenters. The summed E-state index contributed by atoms with van der Waals surface area (Å²) >= 11 is 0. The van der Waals surface area contributed by atoms with E-state index in [9.17, 15) is 13.5 Å². The summed E-state index contributed by atoms with van der Waals surface area (Å²) in [7, 11) is -2.91. The number of nitrogens with zero attached hydrogens (tertiary/aromatic N) is 19. The van der Waals surface area contributed by atoms with Crippen LogP contribution in [0, 0.1) is 6.92 Å². The number of hydrogen-bond acceptors (Lipinski definition) is 27. The zero-order valence-corrected chi connectivity index (χ0v) is 77.6. The standard InChI is InChI=1S/C28H31N5O3.C26H29N7O2.C24H28N4O4S.C24H28N4O3/c1-28(2,34)26-16-20(7-11-30-26)31-19-3-6-22-23(15-19)29-12-8-24(22)36-25-17-33(21-4-5-21)32-27(25)18-9-13-35-14-10-18;1-17-28-29-25-16-31(10-11-32(17)25)20-4-5-21-22(14-20)27-9-6-23(21)35-24-15-33(19-2-3-19)30-26(24)18-7-12-34-13-8-18;29-33(30)13-9-27(10-14-33)19-3-4-20-21(15-19)25-8-5-22(20)32-23-16-28(18-1-2-18)26-24(23)17-6-11-31-12-7-17;1-2-18(1)28-16-23(24(26-28)17-6-11-29-12-7-17)31-22-5-8-25-21-15-19(3-4-20(21)22)27-9-13-30-14-10-27/h3,6-8,11-12,15-18,21,34H,4-5,9-10,13-14H2,1-2H3,(H,30,31);4-6,9,14-15,18-19H,2-3,7-8,10-13,16H2,1H3;3-5,8,15-18H,1-2,6-7,9-14H2;3-5,8,15-18H,1-2,6-7,9-14H2. The van der Waals surface area contributed by atoms with Crippen LogP contribution in [-0.4, -0.2) is 203 Å². The molecule has 10 aromatic heterocycles. The van der Waals surface area contributed by atoms with Crippen molar-refractivity contribution in [3.63, 3.8) is 0 Å². The molecular formula is C102H116N20O12S. The number of pyridine rings is 5. The number of aryl methyl sites for hydroxylation is 1. The van der Waals surface area contributed by atoms with E-state index in [0.717, 1.165) is 297 Å². The Morgan fingerprint density at radius 1 is 0.363 bits per heavy atom. The van der Waals surface area contributed by atoms with Crippen molar-refractivity contribution in [3.8, 4) is 46.0 Å². The van der Waals surface area contributed by atoms with Gasteiger partial charge in [0.25, 0.3) is 0 Å². The van der Waals surface area contributed by atoms with E-state index in [-0.39, 0.29) is 11.5 Å². The van der Waals surface area contributed by atoms with Crippen LogP contribution < -0.4 is 39.0 Å². The zero-order chi connectivity index (χ0) is 91.1. The van der Waals surface area contributed by atoms with Crippen LogP contribution in [0.3, 0.4) is 0 Å². The second-order valence-electron chi connectivity index (χ2n) is 38.0. The summed E-state index contributed by atoms with van der Waals surface area (Å²) in [4.78, 5) is 29.5. The third-order valence-electron chi connectivity index (χ3n) is 27.7. The molecule has 17 heterocycles. The van der Waals surface area contributed by atoms with Crippen LogP contribution in [-0.2, 0) is 52.2 Å². The summed E-state index contributed by atoms with van der Waals surface area (Å²) in [6.07, 6.45) is 34.5. The van der Waals surface area contributed by atoms with Gasteiger partial charge in [-0.15, -0.1) is 10.2 Å². The van der Waals surface area contributed by atoms with Gasteiger partial charge in [0.1, 0.15) is 57.2 Å². The number of sulfone groups is 1. The van der Waals surface area contributed by atoms with Crippen molar-refractivity contribution in [2.24, 2.45) is 0 Å². The van der Waals surface area contributed by atoms with E-state index in [4.69, 9.17) is 63.0 Å². The van der Waals surface area contributed by atoms with Crippen LogP contribution in [0.25, 0.3) is 43.6 Å². The van der Waals surface area contributed by atoms with E-state index in [1.54, 1.807) is 32.4 Å². The van der Waals surface area contributed by atoms with E-state index in [0.29, 0.717) is 66.6 Å². The van der Waals surface area contributed by atoms with E-state index in [2.05, 4.69) is 140 Å². The minimum Gasteiger partial charge on any atom is -0.453 e. The number of nitrogens with one attached hydrogen (secondary N) is 1. The van der Waals surface area contributed by atoms with Crippen molar-refractivity contribution in [1.82, 2.24) is 78.8 Å². The Balaban J connectivity index is 0.000000105. The normalized spacial score (nSPS) is 19.2. The molecule has 0 amide bonds. The summed E-state index contributed by atoms with van der Waals surface area (Å²) < 4.78 is 88.0. The average Bonchev–Trinajstić information content (AvgIpc) is 1.65. The van der Waals surface area contributed by atoms with Crippen molar-refractivity contribution in [2.75, 3.05) is 130 Å². The van der Waals surface area contributed by atoms with Gasteiger partial charge in [-0.2, -0.15) is 20.4 Å². The number of ether oxygens (including phenoxy) is 9. The number of morpholine rings is 1. The van der Waals surface area contributed by atoms with E-state index in [1.807, 2.05) is 92.1 Å². The lowest BCUT2D eigenvalue weighted by Crippen LogP contribution is -2.40. The molecule has 6 saturated heterocycles. The molecule has 25 rings (SSSR count). The van der Waals surface area contributed by atoms with Crippen molar-refractivity contribution >= 4 is 81.9 Å². The Morgan fingerprint density at radius 3 is 1.08 bits per heavy atom. The van der Waals surface area contributed by atoms with Gasteiger partial charge in [-0.3, -0.25) is 43.6 Å². The molecule has 11 aliphatic rings. The number of anilines is 5. The van der Waals surface area contributed by atoms with Gasteiger partial charge in [-0.1, -0.05) is 0 Å². The first-order chi connectivity index (χ1) is 66.1. The molecule has 4 aromatic carbocycles. The van der Waals surface area contributed by atoms with Gasteiger partial charge in [0.05, 0.1) is 108 Å². The monoisotopic (exact) mass is 1840 g/mol. The Kier molecular flexibility index (Phi) is 25.1. The van der Waals surface area contributed by atoms with Crippen LogP contribution >= 0.6 is 0 Å². The molecule has 0 spiro atoms. The molecule has 4 saturated carbocycles. The minimum absolute atomic E-state index is 0.196. The van der Waals surface area contributed by atoms with E-state index in [1.165, 1.54) is 57.1 Å². The quantitative estimate of drug-likeness (QED) is 0.0636. The molecule has 33 heteroatoms. The fourth-order valence-electron chi connectivity index (χ4n) is 19.3. The SMILES string of the molecule is CC(C)(O)c1cc(Nc2ccc3c(Oc4cn(C5CC5)nc4C4CCOCC4)ccnc3c2)ccn1.Cc1nnc2n1CCN(c1ccc3c(Oc4cn(C5CC5)nc4C4CCOCC4)ccnc3c1)C2.O=S1(=O)CCN(c2ccc3c(Oc4cn(C5CC5)nc4C4CCOCC4)ccnc3c2)CC1.c1cc(Oc2cn(C3CC3)nc2C2CCOCC2)c2ccc(N3CCOCC3)cc2n1. The first kappa shape index (κ1) is 88.1. The number of fused-ring (bicyclic) bond motifs is 5. The number of hydrogen-bond donors (Lipinski definition) is 2. The van der Waals surface area contributed by atoms with Gasteiger partial charge in [-0.05, 0) is 233 Å². The lowest BCUT2D eigenvalue weighted by Gasteiger charge is -2.29. The molecule has 32 nitrogen and oxygen atoms in total. The summed E-state index contributed by atoms with van der Waals surface area (Å²) in [6.45, 7) is 18.6. The lowest BCUT2D eigenvalue weighted by atomic mass is 9.96. The number of aromatic nitrogens is 16. The lowest BCUT2D eigenvalue weighted by molar-refractivity contribution is 0.0739. The first-order valence-corrected chi connectivity index (χ1v) is 50.2. The van der Waals surface area contributed by atoms with Gasteiger partial charge < -0.3 is 72.3 Å². The Hall–Kier alpha value is -12.2. The van der Waals surface area contributed by atoms with Gasteiger partial charge >= 0.3 is 0 Å². The highest BCUT2D eigenvalue weighted by atomic mass is 32.2. The number of aliphatic hydroxyl groups is 1. The maximum Gasteiger partial charge on any atom is 0.168 e. The van der Waals surface area contributed by atoms with Crippen LogP contribution in [0.2, 0.25) is 0 Å². The zero-order valence-electron chi connectivity index (χ0n) is 76.8. The molecule has 10 fully saturated rings. The molecule has 0 bridgehead atoms. The maximum absolute atomic E-state index is 11.8. The molecule has 0 atom stereocenters. The van der Waals surface area contributed by atoms with Crippen molar-refractivity contribution in [2.45, 2.75) is 190 Å². The van der Waals surface area contributed by atoms with Gasteiger partial charge in [0, 0.05) is 197 Å². The molecule has 135 heavy (non-hydrogen) atoms. The van der Waals surface area contributed by atoms with Crippen LogP contribution in [0.1, 0.15) is 205 Å². The predicted octanol–water partition coefficient (Wildman–Crippen LogP) is 18.2. The number of rotatable bonds is 22. The summed E-state index contributed by atoms with van der Waals surface area (Å²) in [5.41, 5.74) is 12.4. The van der Waals surface area contributed by atoms with Crippen LogP contribution in [0.15, 0.2) is 165 Å². The largest absolute Gasteiger partial charge is 0.453 e. The molecular weight excluding hydrogens is 1730 g/mol. The Labute approximate surface area is 783 Å². The van der Waals surface area contributed by atoms with Gasteiger partial charge in [0.15, 0.2) is 38.7 Å². The molecule has 2 N–H and O–H groups in total. The highest BCUT2D eigenvalue weighted by molar-refractivity contribution is 7.91. The smallest absolute Gasteiger partial charge is 0.168 e. The third kappa shape index (κ3) is 20.2. The van der Waals surface area contributed by atoms with Gasteiger partial charge in [-0.25, -0.2) is 8.42 Å². The third-order valence-corrected chi connectivity index (χ3v) is 29.3. The molecule has 4 aliphatic carbocycles. The second-order valence-corrected chi connectivity index (χ2v) is 40.3. The van der Waals surface area contributed by atoms with Crippen LogP contribution in [0.5, 0.6) is 46.0 Å². The molecule has 702 valence electrons. The van der Waals surface area contributed by atoms with Crippen molar-refractivity contribution in [3.05, 3.63) is 205 Å². The molecule has 0 radical (unpaired) electrons. The Bertz CT molecular complexity index is 6690. The average molecular weight is 1850 g/mol. The van der Waals surface area contributed by atoms with Gasteiger partial charge in [0.2, 0.25) is 0 Å². The fourth-order valence-corrected chi connectivity index (χ4v) is 20.5. The molecule has 14 aromatic rings. The first-order valence-electron chi connectivity index (χ1n) is 48.4. The summed E-state index contributed by atoms with van der Waals surface area (Å²) in [5, 5.41) is 45.9. The summed E-state index contributed by atoms with van der Waals surface area (Å²) in [5.74, 6) is 10.4. The van der Waals surface area contributed by atoms with Crippen LogP contribution in [0.4, 0.5) is 28.4 Å². The fraction of sp³-hybridized carbons (Fsp3) is 0.461. The molecule has 7 aliphatic heterocycles. The van der Waals surface area contributed by atoms with E-state index >= 15 is 0 Å². The second kappa shape index (κ2) is 38.5. The summed E-state index contributed by atoms with van der Waals surface area (Å²) in [6, 6.07) is 38.5. The highest BCUT2D eigenvalue weighted by Gasteiger charge is 2.37. The van der Waals surface area contributed by atoms with Crippen molar-refractivity contribution < 1.29 is 56.2 Å². The number of benzene rings is 4. The predicted molar refractivity (Wildman–Crippen MR) is 513 cm³/mol. The van der Waals surface area contributed by atoms with E-state index < -0.39 is 15.4 Å². The minimum atomic E-state index is -2.91. The highest BCUT2D eigenvalue weighted by Crippen LogP contribution is 2.48. The Morgan fingerprint density at radius 2 is 0.704 bits per heavy atom. The van der Waals surface area contributed by atoms with Crippen molar-refractivity contribution in [1.29, 1.82) is 0 Å².